The predicted molar refractivity (Wildman–Crippen MR) is 45.8 cm³/mol. The molecule has 0 heterocycles. The highest BCUT2D eigenvalue weighted by Gasteiger charge is 2.36. The molecule has 0 saturated heterocycles. The summed E-state index contributed by atoms with van der Waals surface area (Å²) in [6.45, 7) is 0. The summed E-state index contributed by atoms with van der Waals surface area (Å²) in [6, 6.07) is 0.925. The Hall–Kier alpha value is -1.18. The quantitative estimate of drug-likeness (QED) is 0.451. The third-order valence-electron chi connectivity index (χ3n) is 1.56. The number of hydrogen-bond acceptors (Lipinski definition) is 2. The van der Waals surface area contributed by atoms with Crippen LogP contribution in [-0.2, 0) is 6.18 Å². The maximum absolute atomic E-state index is 13.1. The Balaban J connectivity index is 3.41. The molecule has 0 atom stereocenters. The van der Waals surface area contributed by atoms with Crippen molar-refractivity contribution in [3.05, 3.63) is 38.1 Å². The number of alkyl halides is 3. The normalized spacial score (nSPS) is 11.5. The van der Waals surface area contributed by atoms with E-state index in [-0.39, 0.29) is 0 Å². The summed E-state index contributed by atoms with van der Waals surface area (Å²) >= 11 is 2.34. The Labute approximate surface area is 89.0 Å². The molecule has 8 heteroatoms. The summed E-state index contributed by atoms with van der Waals surface area (Å²) in [5.74, 6) is -1.53. The van der Waals surface area contributed by atoms with Crippen LogP contribution in [0.1, 0.15) is 5.56 Å². The van der Waals surface area contributed by atoms with Gasteiger partial charge >= 0.3 is 11.9 Å². The smallest absolute Gasteiger partial charge is 0.258 e. The minimum Gasteiger partial charge on any atom is -0.258 e. The van der Waals surface area contributed by atoms with E-state index in [2.05, 4.69) is 15.9 Å². The Bertz CT molecular complexity index is 418. The van der Waals surface area contributed by atoms with Crippen molar-refractivity contribution in [1.29, 1.82) is 0 Å². The summed E-state index contributed by atoms with van der Waals surface area (Å²) in [5.41, 5.74) is -2.29. The Kier molecular flexibility index (Phi) is 2.98. The molecule has 0 spiro atoms. The van der Waals surface area contributed by atoms with Crippen molar-refractivity contribution in [2.45, 2.75) is 6.18 Å². The van der Waals surface area contributed by atoms with E-state index in [9.17, 15) is 27.7 Å². The monoisotopic (exact) mass is 287 g/mol. The highest BCUT2D eigenvalue weighted by molar-refractivity contribution is 9.10. The molecule has 1 rings (SSSR count). The van der Waals surface area contributed by atoms with Gasteiger partial charge in [0.05, 0.1) is 15.0 Å². The van der Waals surface area contributed by atoms with Crippen LogP contribution in [0.25, 0.3) is 0 Å². The van der Waals surface area contributed by atoms with Gasteiger partial charge in [-0.05, 0) is 22.0 Å². The van der Waals surface area contributed by atoms with Crippen LogP contribution in [0.3, 0.4) is 0 Å². The number of rotatable bonds is 1. The molecule has 0 fully saturated rings. The lowest BCUT2D eigenvalue weighted by Crippen LogP contribution is -2.08. The van der Waals surface area contributed by atoms with E-state index in [1.54, 1.807) is 0 Å². The van der Waals surface area contributed by atoms with Gasteiger partial charge in [-0.25, -0.2) is 0 Å². The molecule has 0 aliphatic heterocycles. The second-order valence-corrected chi connectivity index (χ2v) is 3.31. The maximum atomic E-state index is 13.1. The standard InChI is InChI=1S/C7H2BrF4NO2/c8-5-3(7(10,11)12)1-2-4(6(5)9)13(14)15/h1-2H. The van der Waals surface area contributed by atoms with Gasteiger partial charge in [0, 0.05) is 6.07 Å². The fourth-order valence-corrected chi connectivity index (χ4v) is 1.46. The van der Waals surface area contributed by atoms with E-state index in [1.165, 1.54) is 0 Å². The van der Waals surface area contributed by atoms with Gasteiger partial charge in [-0.2, -0.15) is 17.6 Å². The summed E-state index contributed by atoms with van der Waals surface area (Å²) in [7, 11) is 0. The zero-order chi connectivity index (χ0) is 11.8. The Morgan fingerprint density at radius 2 is 1.87 bits per heavy atom. The topological polar surface area (TPSA) is 43.1 Å². The fourth-order valence-electron chi connectivity index (χ4n) is 0.899. The molecule has 0 aliphatic rings. The predicted octanol–water partition coefficient (Wildman–Crippen LogP) is 3.52. The molecular weight excluding hydrogens is 286 g/mol. The lowest BCUT2D eigenvalue weighted by Gasteiger charge is -2.08. The minimum atomic E-state index is -4.76. The molecule has 0 radical (unpaired) electrons. The first-order chi connectivity index (χ1) is 6.75. The lowest BCUT2D eigenvalue weighted by atomic mass is 10.2. The largest absolute Gasteiger partial charge is 0.417 e. The number of nitrogens with zero attached hydrogens (tertiary/aromatic N) is 1. The number of nitro groups is 1. The van der Waals surface area contributed by atoms with Crippen LogP contribution in [-0.4, -0.2) is 4.92 Å². The summed E-state index contributed by atoms with van der Waals surface area (Å²) in [6.07, 6.45) is -4.76. The fraction of sp³-hybridized carbons (Fsp3) is 0.143. The van der Waals surface area contributed by atoms with E-state index in [1.807, 2.05) is 0 Å². The van der Waals surface area contributed by atoms with Gasteiger partial charge < -0.3 is 0 Å². The average molecular weight is 288 g/mol. The van der Waals surface area contributed by atoms with Crippen molar-refractivity contribution in [2.24, 2.45) is 0 Å². The minimum absolute atomic E-state index is 0.450. The van der Waals surface area contributed by atoms with Gasteiger partial charge in [0.2, 0.25) is 5.82 Å². The number of nitro benzene ring substituents is 1. The van der Waals surface area contributed by atoms with Gasteiger partial charge in [-0.15, -0.1) is 0 Å². The SMILES string of the molecule is O=[N+]([O-])c1ccc(C(F)(F)F)c(Br)c1F. The van der Waals surface area contributed by atoms with Crippen molar-refractivity contribution in [3.63, 3.8) is 0 Å². The molecule has 1 aromatic rings. The first-order valence-corrected chi connectivity index (χ1v) is 4.24. The second kappa shape index (κ2) is 3.76. The lowest BCUT2D eigenvalue weighted by molar-refractivity contribution is -0.387. The van der Waals surface area contributed by atoms with Crippen LogP contribution < -0.4 is 0 Å². The van der Waals surface area contributed by atoms with Crippen LogP contribution in [0.5, 0.6) is 0 Å². The van der Waals surface area contributed by atoms with Crippen LogP contribution in [0, 0.1) is 15.9 Å². The Morgan fingerprint density at radius 1 is 1.33 bits per heavy atom. The second-order valence-electron chi connectivity index (χ2n) is 2.52. The van der Waals surface area contributed by atoms with Crippen LogP contribution in [0.15, 0.2) is 16.6 Å². The zero-order valence-electron chi connectivity index (χ0n) is 6.81. The van der Waals surface area contributed by atoms with E-state index in [0.717, 1.165) is 0 Å². The van der Waals surface area contributed by atoms with Crippen molar-refractivity contribution < 1.29 is 22.5 Å². The van der Waals surface area contributed by atoms with Crippen LogP contribution in [0.4, 0.5) is 23.2 Å². The number of hydrogen-bond donors (Lipinski definition) is 0. The Morgan fingerprint density at radius 3 is 2.27 bits per heavy atom. The summed E-state index contributed by atoms with van der Waals surface area (Å²) in [5, 5.41) is 10.2. The van der Waals surface area contributed by atoms with Gasteiger partial charge in [-0.1, -0.05) is 0 Å². The molecule has 0 saturated carbocycles. The zero-order valence-corrected chi connectivity index (χ0v) is 8.39. The molecule has 3 nitrogen and oxygen atoms in total. The summed E-state index contributed by atoms with van der Waals surface area (Å²) < 4.78 is 48.7. The molecule has 0 aliphatic carbocycles. The highest BCUT2D eigenvalue weighted by Crippen LogP contribution is 2.38. The molecule has 1 aromatic carbocycles. The third-order valence-corrected chi connectivity index (χ3v) is 2.34. The van der Waals surface area contributed by atoms with Gasteiger partial charge in [0.15, 0.2) is 0 Å². The third kappa shape index (κ3) is 2.25. The molecule has 0 aromatic heterocycles. The van der Waals surface area contributed by atoms with Gasteiger partial charge in [0.1, 0.15) is 0 Å². The maximum Gasteiger partial charge on any atom is 0.417 e. The first-order valence-electron chi connectivity index (χ1n) is 3.44. The molecule has 0 amide bonds. The van der Waals surface area contributed by atoms with Gasteiger partial charge in [-0.3, -0.25) is 10.1 Å². The summed E-state index contributed by atoms with van der Waals surface area (Å²) in [4.78, 5) is 9.10. The number of benzene rings is 1. The van der Waals surface area contributed by atoms with E-state index >= 15 is 0 Å². The molecule has 0 N–H and O–H groups in total. The van der Waals surface area contributed by atoms with E-state index in [0.29, 0.717) is 12.1 Å². The molecular formula is C7H2BrF4NO2. The van der Waals surface area contributed by atoms with Crippen molar-refractivity contribution in [2.75, 3.05) is 0 Å². The van der Waals surface area contributed by atoms with Crippen LogP contribution in [0.2, 0.25) is 0 Å². The highest BCUT2D eigenvalue weighted by atomic mass is 79.9. The molecule has 82 valence electrons. The van der Waals surface area contributed by atoms with Crippen molar-refractivity contribution >= 4 is 21.6 Å². The number of halogens is 5. The van der Waals surface area contributed by atoms with Crippen molar-refractivity contribution in [3.8, 4) is 0 Å². The van der Waals surface area contributed by atoms with Crippen LogP contribution >= 0.6 is 15.9 Å². The molecule has 0 unspecified atom stereocenters. The van der Waals surface area contributed by atoms with E-state index < -0.39 is 32.6 Å². The van der Waals surface area contributed by atoms with Crippen molar-refractivity contribution in [1.82, 2.24) is 0 Å². The van der Waals surface area contributed by atoms with Gasteiger partial charge in [0.25, 0.3) is 0 Å². The molecule has 0 bridgehead atoms. The molecule has 15 heavy (non-hydrogen) atoms. The average Bonchev–Trinajstić information content (AvgIpc) is 2.06. The first kappa shape index (κ1) is 11.9. The van der Waals surface area contributed by atoms with E-state index in [4.69, 9.17) is 0 Å².